The molecule has 0 aliphatic carbocycles. The number of amides is 1. The predicted octanol–water partition coefficient (Wildman–Crippen LogP) is 6.76. The van der Waals surface area contributed by atoms with E-state index in [9.17, 15) is 4.79 Å². The highest BCUT2D eigenvalue weighted by molar-refractivity contribution is 7.99. The molecule has 5 rings (SSSR count). The summed E-state index contributed by atoms with van der Waals surface area (Å²) in [5.41, 5.74) is 4.70. The van der Waals surface area contributed by atoms with Crippen LogP contribution >= 0.6 is 23.4 Å². The van der Waals surface area contributed by atoms with Crippen molar-refractivity contribution in [2.75, 3.05) is 5.32 Å². The highest BCUT2D eigenvalue weighted by Gasteiger charge is 2.17. The molecule has 2 aromatic heterocycles. The van der Waals surface area contributed by atoms with Crippen molar-refractivity contribution in [1.82, 2.24) is 14.6 Å². The fourth-order valence-electron chi connectivity index (χ4n) is 3.47. The molecule has 5 nitrogen and oxygen atoms in total. The molecule has 0 fully saturated rings. The Morgan fingerprint density at radius 2 is 1.73 bits per heavy atom. The molecule has 0 radical (unpaired) electrons. The van der Waals surface area contributed by atoms with E-state index in [1.165, 1.54) is 5.56 Å². The molecule has 0 atom stereocenters. The number of aromatic nitrogens is 3. The van der Waals surface area contributed by atoms with Crippen LogP contribution in [0.15, 0.2) is 101 Å². The molecule has 0 saturated heterocycles. The van der Waals surface area contributed by atoms with Gasteiger partial charge in [-0.05, 0) is 49.4 Å². The number of para-hydroxylation sites is 1. The van der Waals surface area contributed by atoms with E-state index in [2.05, 4.69) is 15.4 Å². The summed E-state index contributed by atoms with van der Waals surface area (Å²) in [7, 11) is 0. The predicted molar refractivity (Wildman–Crippen MR) is 133 cm³/mol. The summed E-state index contributed by atoms with van der Waals surface area (Å²) in [4.78, 5) is 19.6. The zero-order chi connectivity index (χ0) is 22.8. The maximum absolute atomic E-state index is 13.2. The quantitative estimate of drug-likeness (QED) is 0.308. The van der Waals surface area contributed by atoms with Gasteiger partial charge in [0.15, 0.2) is 5.65 Å². The van der Waals surface area contributed by atoms with Crippen LogP contribution in [0, 0.1) is 6.92 Å². The van der Waals surface area contributed by atoms with Crippen molar-refractivity contribution in [1.29, 1.82) is 0 Å². The van der Waals surface area contributed by atoms with Gasteiger partial charge in [0.2, 0.25) is 0 Å². The number of rotatable bonds is 5. The lowest BCUT2D eigenvalue weighted by Crippen LogP contribution is -2.12. The highest BCUT2D eigenvalue weighted by atomic mass is 35.5. The molecule has 3 aromatic carbocycles. The van der Waals surface area contributed by atoms with E-state index in [1.807, 2.05) is 85.8 Å². The standard InChI is InChI=1S/C26H19ClN4OS/c1-17-6-8-18(9-7-17)23-14-15-28-25-21(16-29-31(23)25)26(32)30-22-4-2-3-5-24(22)33-20-12-10-19(27)11-13-20/h2-16H,1H3,(H,30,32). The maximum atomic E-state index is 13.2. The van der Waals surface area contributed by atoms with Gasteiger partial charge in [-0.15, -0.1) is 0 Å². The van der Waals surface area contributed by atoms with Gasteiger partial charge in [-0.1, -0.05) is 65.3 Å². The Labute approximate surface area is 200 Å². The average Bonchev–Trinajstić information content (AvgIpc) is 3.27. The molecule has 0 unspecified atom stereocenters. The van der Waals surface area contributed by atoms with E-state index in [0.29, 0.717) is 16.2 Å². The average molecular weight is 471 g/mol. The number of carbonyl (C=O) groups is 1. The molecule has 2 heterocycles. The van der Waals surface area contributed by atoms with Gasteiger partial charge in [0.1, 0.15) is 5.56 Å². The molecule has 162 valence electrons. The second kappa shape index (κ2) is 9.10. The molecule has 1 amide bonds. The third kappa shape index (κ3) is 4.49. The summed E-state index contributed by atoms with van der Waals surface area (Å²) in [6.45, 7) is 2.05. The van der Waals surface area contributed by atoms with E-state index >= 15 is 0 Å². The molecule has 0 saturated carbocycles. The summed E-state index contributed by atoms with van der Waals surface area (Å²) < 4.78 is 1.70. The van der Waals surface area contributed by atoms with Gasteiger partial charge in [-0.3, -0.25) is 4.79 Å². The summed E-state index contributed by atoms with van der Waals surface area (Å²) in [6, 6.07) is 25.4. The summed E-state index contributed by atoms with van der Waals surface area (Å²) in [6.07, 6.45) is 3.26. The van der Waals surface area contributed by atoms with E-state index in [0.717, 1.165) is 26.7 Å². The highest BCUT2D eigenvalue weighted by Crippen LogP contribution is 2.34. The van der Waals surface area contributed by atoms with Crippen molar-refractivity contribution in [3.8, 4) is 11.3 Å². The maximum Gasteiger partial charge on any atom is 0.261 e. The van der Waals surface area contributed by atoms with Crippen LogP contribution in [0.1, 0.15) is 15.9 Å². The fraction of sp³-hybridized carbons (Fsp3) is 0.0385. The number of hydrogen-bond donors (Lipinski definition) is 1. The van der Waals surface area contributed by atoms with Gasteiger partial charge in [0.25, 0.3) is 5.91 Å². The van der Waals surface area contributed by atoms with Crippen LogP contribution < -0.4 is 5.32 Å². The van der Waals surface area contributed by atoms with Crippen LogP contribution in [0.3, 0.4) is 0 Å². The number of nitrogens with one attached hydrogen (secondary N) is 1. The van der Waals surface area contributed by atoms with E-state index in [4.69, 9.17) is 11.6 Å². The van der Waals surface area contributed by atoms with Gasteiger partial charge in [-0.25, -0.2) is 9.50 Å². The monoisotopic (exact) mass is 470 g/mol. The number of nitrogens with zero attached hydrogens (tertiary/aromatic N) is 3. The summed E-state index contributed by atoms with van der Waals surface area (Å²) >= 11 is 7.55. The number of halogens is 1. The molecule has 7 heteroatoms. The van der Waals surface area contributed by atoms with E-state index in [-0.39, 0.29) is 5.91 Å². The van der Waals surface area contributed by atoms with Crippen molar-refractivity contribution < 1.29 is 4.79 Å². The first kappa shape index (κ1) is 21.2. The zero-order valence-electron chi connectivity index (χ0n) is 17.7. The minimum absolute atomic E-state index is 0.261. The van der Waals surface area contributed by atoms with Gasteiger partial charge >= 0.3 is 0 Å². The minimum atomic E-state index is -0.261. The van der Waals surface area contributed by atoms with Crippen LogP contribution in [0.2, 0.25) is 5.02 Å². The molecule has 0 bridgehead atoms. The van der Waals surface area contributed by atoms with Crippen LogP contribution in [0.25, 0.3) is 16.9 Å². The molecule has 1 N–H and O–H groups in total. The van der Waals surface area contributed by atoms with Crippen molar-refractivity contribution in [2.24, 2.45) is 0 Å². The molecular formula is C26H19ClN4OS. The van der Waals surface area contributed by atoms with Crippen LogP contribution in [0.4, 0.5) is 5.69 Å². The lowest BCUT2D eigenvalue weighted by molar-refractivity contribution is 0.102. The SMILES string of the molecule is Cc1ccc(-c2ccnc3c(C(=O)Nc4ccccc4Sc4ccc(Cl)cc4)cnn23)cc1. The zero-order valence-corrected chi connectivity index (χ0v) is 19.3. The smallest absolute Gasteiger partial charge is 0.261 e. The number of aryl methyl sites for hydroxylation is 1. The van der Waals surface area contributed by atoms with E-state index < -0.39 is 0 Å². The minimum Gasteiger partial charge on any atom is -0.321 e. The van der Waals surface area contributed by atoms with Crippen molar-refractivity contribution in [3.05, 3.63) is 107 Å². The third-order valence-corrected chi connectivity index (χ3v) is 6.51. The Morgan fingerprint density at radius 1 is 0.970 bits per heavy atom. The lowest BCUT2D eigenvalue weighted by Gasteiger charge is -2.10. The van der Waals surface area contributed by atoms with Gasteiger partial charge in [-0.2, -0.15) is 5.10 Å². The number of carbonyl (C=O) groups excluding carboxylic acids is 1. The Balaban J connectivity index is 1.44. The van der Waals surface area contributed by atoms with Gasteiger partial charge < -0.3 is 5.32 Å². The number of hydrogen-bond acceptors (Lipinski definition) is 4. The van der Waals surface area contributed by atoms with E-state index in [1.54, 1.807) is 28.7 Å². The Kier molecular flexibility index (Phi) is 5.86. The van der Waals surface area contributed by atoms with Gasteiger partial charge in [0.05, 0.1) is 17.6 Å². The largest absolute Gasteiger partial charge is 0.321 e. The van der Waals surface area contributed by atoms with Crippen molar-refractivity contribution in [2.45, 2.75) is 16.7 Å². The van der Waals surface area contributed by atoms with Gasteiger partial charge in [0, 0.05) is 26.6 Å². The summed E-state index contributed by atoms with van der Waals surface area (Å²) in [5, 5.41) is 8.17. The molecule has 33 heavy (non-hydrogen) atoms. The molecule has 0 aliphatic rings. The fourth-order valence-corrected chi connectivity index (χ4v) is 4.50. The molecular weight excluding hydrogens is 452 g/mol. The van der Waals surface area contributed by atoms with Crippen LogP contribution in [-0.4, -0.2) is 20.5 Å². The second-order valence-electron chi connectivity index (χ2n) is 7.50. The Hall–Kier alpha value is -3.61. The molecule has 5 aromatic rings. The summed E-state index contributed by atoms with van der Waals surface area (Å²) in [5.74, 6) is -0.261. The normalized spacial score (nSPS) is 11.0. The molecule has 0 spiro atoms. The second-order valence-corrected chi connectivity index (χ2v) is 9.05. The topological polar surface area (TPSA) is 59.3 Å². The van der Waals surface area contributed by atoms with Crippen molar-refractivity contribution >= 4 is 40.6 Å². The van der Waals surface area contributed by atoms with Crippen LogP contribution in [0.5, 0.6) is 0 Å². The Bertz CT molecular complexity index is 1450. The van der Waals surface area contributed by atoms with Crippen LogP contribution in [-0.2, 0) is 0 Å². The third-order valence-electron chi connectivity index (χ3n) is 5.17. The first-order chi connectivity index (χ1) is 16.1. The van der Waals surface area contributed by atoms with Crippen molar-refractivity contribution in [3.63, 3.8) is 0 Å². The Morgan fingerprint density at radius 3 is 2.52 bits per heavy atom. The number of anilines is 1. The lowest BCUT2D eigenvalue weighted by atomic mass is 10.1. The number of fused-ring (bicyclic) bond motifs is 1. The first-order valence-corrected chi connectivity index (χ1v) is 11.5. The first-order valence-electron chi connectivity index (χ1n) is 10.3. The number of benzene rings is 3. The molecule has 0 aliphatic heterocycles.